The predicted molar refractivity (Wildman–Crippen MR) is 103 cm³/mol. The van der Waals surface area contributed by atoms with Gasteiger partial charge in [-0.25, -0.2) is 4.39 Å². The molecule has 0 spiro atoms. The third-order valence-corrected chi connectivity index (χ3v) is 5.30. The van der Waals surface area contributed by atoms with Gasteiger partial charge in [0.1, 0.15) is 5.82 Å². The zero-order chi connectivity index (χ0) is 17.2. The van der Waals surface area contributed by atoms with Crippen LogP contribution in [0.5, 0.6) is 5.88 Å². The minimum atomic E-state index is -0.381. The molecular formula is C19H18FN3OS. The maximum absolute atomic E-state index is 14.0. The first-order chi connectivity index (χ1) is 12.2. The molecule has 4 nitrogen and oxygen atoms in total. The molecule has 0 unspecified atom stereocenters. The zero-order valence-corrected chi connectivity index (χ0v) is 14.4. The van der Waals surface area contributed by atoms with Gasteiger partial charge in [0, 0.05) is 41.9 Å². The molecule has 6 heteroatoms. The number of aromatic nitrogens is 1. The average Bonchev–Trinajstić information content (AvgIpc) is 2.98. The maximum atomic E-state index is 14.0. The van der Waals surface area contributed by atoms with Gasteiger partial charge in [-0.2, -0.15) is 11.8 Å². The van der Waals surface area contributed by atoms with Gasteiger partial charge < -0.3 is 15.0 Å². The number of hydrogen-bond donors (Lipinski definition) is 2. The number of anilines is 1. The molecule has 1 fully saturated rings. The highest BCUT2D eigenvalue weighted by Gasteiger charge is 2.13. The minimum absolute atomic E-state index is 0.0775. The van der Waals surface area contributed by atoms with Gasteiger partial charge in [0.2, 0.25) is 0 Å². The Morgan fingerprint density at radius 3 is 2.64 bits per heavy atom. The van der Waals surface area contributed by atoms with Gasteiger partial charge in [-0.05, 0) is 36.4 Å². The summed E-state index contributed by atoms with van der Waals surface area (Å²) in [6.07, 6.45) is 1.50. The zero-order valence-electron chi connectivity index (χ0n) is 13.6. The van der Waals surface area contributed by atoms with Gasteiger partial charge in [0.15, 0.2) is 5.88 Å². The smallest absolute Gasteiger partial charge is 0.198 e. The Morgan fingerprint density at radius 2 is 1.88 bits per heavy atom. The Labute approximate surface area is 149 Å². The summed E-state index contributed by atoms with van der Waals surface area (Å²) < 4.78 is 14.0. The molecule has 1 saturated heterocycles. The molecule has 0 bridgehead atoms. The molecule has 25 heavy (non-hydrogen) atoms. The Bertz CT molecular complexity index is 914. The van der Waals surface area contributed by atoms with Crippen LogP contribution in [0.25, 0.3) is 10.9 Å². The molecule has 128 valence electrons. The molecule has 4 rings (SSSR count). The van der Waals surface area contributed by atoms with Crippen molar-refractivity contribution in [1.29, 1.82) is 0 Å². The van der Waals surface area contributed by atoms with Gasteiger partial charge in [0.05, 0.1) is 16.8 Å². The number of halogens is 1. The summed E-state index contributed by atoms with van der Waals surface area (Å²) in [5.41, 5.74) is 2.88. The molecule has 3 aromatic rings. The van der Waals surface area contributed by atoms with Crippen molar-refractivity contribution < 1.29 is 9.50 Å². The Morgan fingerprint density at radius 1 is 1.12 bits per heavy atom. The van der Waals surface area contributed by atoms with Crippen LogP contribution in [0.3, 0.4) is 0 Å². The van der Waals surface area contributed by atoms with Gasteiger partial charge in [-0.3, -0.25) is 4.99 Å². The van der Waals surface area contributed by atoms with Crippen molar-refractivity contribution in [2.24, 2.45) is 4.99 Å². The quantitative estimate of drug-likeness (QED) is 0.688. The lowest BCUT2D eigenvalue weighted by molar-refractivity contribution is 0.457. The molecule has 1 aliphatic rings. The number of rotatable bonds is 3. The van der Waals surface area contributed by atoms with Crippen LogP contribution in [0.4, 0.5) is 15.8 Å². The molecule has 2 aromatic carbocycles. The van der Waals surface area contributed by atoms with Crippen LogP contribution >= 0.6 is 11.8 Å². The summed E-state index contributed by atoms with van der Waals surface area (Å²) in [7, 11) is 0. The first-order valence-electron chi connectivity index (χ1n) is 8.18. The Balaban J connectivity index is 1.59. The molecule has 1 aliphatic heterocycles. The number of nitrogens with zero attached hydrogens (tertiary/aromatic N) is 2. The van der Waals surface area contributed by atoms with Crippen molar-refractivity contribution in [1.82, 2.24) is 4.98 Å². The van der Waals surface area contributed by atoms with Crippen LogP contribution in [0.15, 0.2) is 47.5 Å². The lowest BCUT2D eigenvalue weighted by atomic mass is 10.1. The fraction of sp³-hybridized carbons (Fsp3) is 0.211. The molecular weight excluding hydrogens is 337 g/mol. The molecule has 2 N–H and O–H groups in total. The van der Waals surface area contributed by atoms with E-state index in [0.717, 1.165) is 30.3 Å². The SMILES string of the molecule is Oc1[nH]c2cccc(F)c2c1C=Nc1ccc(N2CCSCC2)cc1. The van der Waals surface area contributed by atoms with Gasteiger partial charge in [-0.1, -0.05) is 6.07 Å². The topological polar surface area (TPSA) is 51.6 Å². The van der Waals surface area contributed by atoms with Crippen LogP contribution < -0.4 is 4.90 Å². The van der Waals surface area contributed by atoms with Crippen LogP contribution in [-0.2, 0) is 0 Å². The molecule has 0 radical (unpaired) electrons. The highest BCUT2D eigenvalue weighted by atomic mass is 32.2. The summed E-state index contributed by atoms with van der Waals surface area (Å²) in [5.74, 6) is 1.86. The van der Waals surface area contributed by atoms with E-state index in [4.69, 9.17) is 0 Å². The monoisotopic (exact) mass is 355 g/mol. The predicted octanol–water partition coefficient (Wildman–Crippen LogP) is 4.32. The van der Waals surface area contributed by atoms with Crippen molar-refractivity contribution in [3.05, 3.63) is 53.8 Å². The van der Waals surface area contributed by atoms with E-state index in [0.29, 0.717) is 16.5 Å². The standard InChI is InChI=1S/C19H18FN3OS/c20-16-2-1-3-17-18(16)15(19(24)22-17)12-21-13-4-6-14(7-5-13)23-8-10-25-11-9-23/h1-7,12,22,24H,8-11H2. The average molecular weight is 355 g/mol. The lowest BCUT2D eigenvalue weighted by Crippen LogP contribution is -2.32. The van der Waals surface area contributed by atoms with E-state index in [2.05, 4.69) is 27.0 Å². The third-order valence-electron chi connectivity index (χ3n) is 4.36. The van der Waals surface area contributed by atoms with Crippen LogP contribution in [-0.4, -0.2) is 40.9 Å². The minimum Gasteiger partial charge on any atom is -0.494 e. The van der Waals surface area contributed by atoms with Gasteiger partial charge >= 0.3 is 0 Å². The Hall–Kier alpha value is -2.47. The fourth-order valence-electron chi connectivity index (χ4n) is 3.05. The number of aromatic hydroxyl groups is 1. The highest BCUT2D eigenvalue weighted by Crippen LogP contribution is 2.29. The van der Waals surface area contributed by atoms with E-state index >= 15 is 0 Å². The maximum Gasteiger partial charge on any atom is 0.198 e. The molecule has 0 atom stereocenters. The van der Waals surface area contributed by atoms with Crippen molar-refractivity contribution in [2.45, 2.75) is 0 Å². The molecule has 0 saturated carbocycles. The summed E-state index contributed by atoms with van der Waals surface area (Å²) in [5, 5.41) is 10.4. The number of fused-ring (bicyclic) bond motifs is 1. The second-order valence-corrected chi connectivity index (χ2v) is 7.15. The lowest BCUT2D eigenvalue weighted by Gasteiger charge is -2.28. The Kier molecular flexibility index (Phi) is 4.36. The normalized spacial score (nSPS) is 15.3. The number of hydrogen-bond acceptors (Lipinski definition) is 4. The van der Waals surface area contributed by atoms with E-state index in [9.17, 15) is 9.50 Å². The number of nitrogens with one attached hydrogen (secondary N) is 1. The third kappa shape index (κ3) is 3.22. The van der Waals surface area contributed by atoms with Crippen LogP contribution in [0, 0.1) is 5.82 Å². The first-order valence-corrected chi connectivity index (χ1v) is 9.34. The second kappa shape index (κ2) is 6.80. The van der Waals surface area contributed by atoms with E-state index in [1.54, 1.807) is 12.1 Å². The number of thioether (sulfide) groups is 1. The van der Waals surface area contributed by atoms with E-state index < -0.39 is 0 Å². The fourth-order valence-corrected chi connectivity index (χ4v) is 3.95. The van der Waals surface area contributed by atoms with Crippen molar-refractivity contribution in [2.75, 3.05) is 29.5 Å². The number of benzene rings is 2. The first kappa shape index (κ1) is 16.0. The van der Waals surface area contributed by atoms with E-state index in [1.807, 2.05) is 23.9 Å². The number of aliphatic imine (C=N–C) groups is 1. The van der Waals surface area contributed by atoms with Gasteiger partial charge in [0.25, 0.3) is 0 Å². The van der Waals surface area contributed by atoms with Crippen molar-refractivity contribution >= 4 is 40.3 Å². The van der Waals surface area contributed by atoms with E-state index in [1.165, 1.54) is 18.0 Å². The van der Waals surface area contributed by atoms with Crippen molar-refractivity contribution in [3.63, 3.8) is 0 Å². The van der Waals surface area contributed by atoms with E-state index in [-0.39, 0.29) is 11.7 Å². The number of aromatic amines is 1. The summed E-state index contributed by atoms with van der Waals surface area (Å²) >= 11 is 1.98. The highest BCUT2D eigenvalue weighted by molar-refractivity contribution is 7.99. The molecule has 1 aromatic heterocycles. The van der Waals surface area contributed by atoms with Crippen LogP contribution in [0.2, 0.25) is 0 Å². The molecule has 2 heterocycles. The molecule has 0 amide bonds. The molecule has 0 aliphatic carbocycles. The largest absolute Gasteiger partial charge is 0.494 e. The summed E-state index contributed by atoms with van der Waals surface area (Å²) in [6.45, 7) is 2.13. The summed E-state index contributed by atoms with van der Waals surface area (Å²) in [4.78, 5) is 9.53. The second-order valence-electron chi connectivity index (χ2n) is 5.92. The summed E-state index contributed by atoms with van der Waals surface area (Å²) in [6, 6.07) is 12.7. The van der Waals surface area contributed by atoms with Crippen molar-refractivity contribution in [3.8, 4) is 5.88 Å². The van der Waals surface area contributed by atoms with Crippen LogP contribution in [0.1, 0.15) is 5.56 Å². The number of H-pyrrole nitrogens is 1. The van der Waals surface area contributed by atoms with Gasteiger partial charge in [-0.15, -0.1) is 0 Å².